The topological polar surface area (TPSA) is 3.24 Å². The van der Waals surface area contributed by atoms with Gasteiger partial charge in [0.2, 0.25) is 0 Å². The van der Waals surface area contributed by atoms with Gasteiger partial charge in [-0.15, -0.1) is 0 Å². The van der Waals surface area contributed by atoms with Gasteiger partial charge in [0.15, 0.2) is 0 Å². The maximum atomic E-state index is 2.50. The lowest BCUT2D eigenvalue weighted by atomic mass is 9.67. The fourth-order valence-corrected chi connectivity index (χ4v) is 10.4. The van der Waals surface area contributed by atoms with Crippen molar-refractivity contribution in [2.24, 2.45) is 0 Å². The summed E-state index contributed by atoms with van der Waals surface area (Å²) in [5.41, 5.74) is 17.7. The average molecular weight is 814 g/mol. The molecule has 0 N–H and O–H groups in total. The minimum atomic E-state index is -0.560. The molecule has 0 saturated carbocycles. The summed E-state index contributed by atoms with van der Waals surface area (Å²) in [6.07, 6.45) is 0. The summed E-state index contributed by atoms with van der Waals surface area (Å²) in [6.45, 7) is 0. The molecular weight excluding hydrogens is 771 g/mol. The predicted octanol–water partition coefficient (Wildman–Crippen LogP) is 16.8. The Hall–Kier alpha value is -8.26. The van der Waals surface area contributed by atoms with Gasteiger partial charge in [0.1, 0.15) is 0 Å². The van der Waals surface area contributed by atoms with Crippen molar-refractivity contribution in [3.8, 4) is 44.5 Å². The van der Waals surface area contributed by atoms with Crippen LogP contribution in [0.15, 0.2) is 261 Å². The number of hydrogen-bond donors (Lipinski definition) is 0. The summed E-state index contributed by atoms with van der Waals surface area (Å²) >= 11 is 0. The Balaban J connectivity index is 1.03. The Morgan fingerprint density at radius 3 is 1.36 bits per heavy atom. The Morgan fingerprint density at radius 1 is 0.266 bits per heavy atom. The smallest absolute Gasteiger partial charge is 0.0714 e. The van der Waals surface area contributed by atoms with E-state index in [2.05, 4.69) is 266 Å². The Bertz CT molecular complexity index is 3410. The molecule has 11 aromatic carbocycles. The van der Waals surface area contributed by atoms with Gasteiger partial charge in [0, 0.05) is 17.1 Å². The summed E-state index contributed by atoms with van der Waals surface area (Å²) in [5.74, 6) is 0. The summed E-state index contributed by atoms with van der Waals surface area (Å²) in [6, 6.07) is 95.9. The van der Waals surface area contributed by atoms with Gasteiger partial charge in [-0.1, -0.05) is 212 Å². The molecule has 0 saturated heterocycles. The normalized spacial score (nSPS) is 12.5. The third-order valence-electron chi connectivity index (χ3n) is 13.3. The average Bonchev–Trinajstić information content (AvgIpc) is 3.68. The molecule has 1 nitrogen and oxygen atoms in total. The van der Waals surface area contributed by atoms with Crippen LogP contribution in [0, 0.1) is 0 Å². The zero-order chi connectivity index (χ0) is 42.5. The molecule has 0 aliphatic heterocycles. The van der Waals surface area contributed by atoms with Crippen LogP contribution in [0.3, 0.4) is 0 Å². The molecule has 1 aliphatic rings. The Morgan fingerprint density at radius 2 is 0.734 bits per heavy atom. The zero-order valence-corrected chi connectivity index (χ0v) is 35.3. The molecule has 0 fully saturated rings. The van der Waals surface area contributed by atoms with E-state index in [0.29, 0.717) is 0 Å². The van der Waals surface area contributed by atoms with Crippen molar-refractivity contribution in [1.29, 1.82) is 0 Å². The fourth-order valence-electron chi connectivity index (χ4n) is 10.4. The first kappa shape index (κ1) is 37.5. The standard InChI is InChI=1S/C63H43N/c1-5-17-44(18-6-1)46-29-35-53(36-30-46)64(55-39-33-45-19-13-14-22-49(45)41-55)54-37-31-47(32-38-54)50-34-40-58-60(42-50)63(51-23-9-3-10-24-51,52-25-11-4-12-26-52)61-43-59(48-20-7-2-8-21-48)56-27-15-16-28-57(56)62(58)61/h1-43H. The van der Waals surface area contributed by atoms with Crippen molar-refractivity contribution in [2.45, 2.75) is 5.41 Å². The molecule has 0 heterocycles. The molecular formula is C63H43N. The maximum absolute atomic E-state index is 2.50. The number of nitrogens with zero attached hydrogens (tertiary/aromatic N) is 1. The number of rotatable bonds is 8. The fraction of sp³-hybridized carbons (Fsp3) is 0.0159. The first-order valence-corrected chi connectivity index (χ1v) is 22.2. The van der Waals surface area contributed by atoms with E-state index in [9.17, 15) is 0 Å². The molecule has 0 bridgehead atoms. The summed E-state index contributed by atoms with van der Waals surface area (Å²) in [4.78, 5) is 2.37. The minimum Gasteiger partial charge on any atom is -0.310 e. The van der Waals surface area contributed by atoms with E-state index in [-0.39, 0.29) is 0 Å². The highest BCUT2D eigenvalue weighted by Crippen LogP contribution is 2.59. The van der Waals surface area contributed by atoms with Gasteiger partial charge in [-0.25, -0.2) is 0 Å². The largest absolute Gasteiger partial charge is 0.310 e. The van der Waals surface area contributed by atoms with Crippen molar-refractivity contribution in [3.05, 3.63) is 283 Å². The van der Waals surface area contributed by atoms with Gasteiger partial charge in [-0.3, -0.25) is 0 Å². The van der Waals surface area contributed by atoms with Crippen LogP contribution in [0.2, 0.25) is 0 Å². The van der Waals surface area contributed by atoms with E-state index in [1.54, 1.807) is 0 Å². The van der Waals surface area contributed by atoms with Gasteiger partial charge in [-0.05, 0) is 137 Å². The molecule has 0 amide bonds. The van der Waals surface area contributed by atoms with Gasteiger partial charge in [0.05, 0.1) is 5.41 Å². The van der Waals surface area contributed by atoms with Crippen LogP contribution in [0.1, 0.15) is 22.3 Å². The Kier molecular flexibility index (Phi) is 9.13. The maximum Gasteiger partial charge on any atom is 0.0714 e. The molecule has 0 atom stereocenters. The lowest BCUT2D eigenvalue weighted by Crippen LogP contribution is -2.28. The van der Waals surface area contributed by atoms with Crippen molar-refractivity contribution in [1.82, 2.24) is 0 Å². The lowest BCUT2D eigenvalue weighted by molar-refractivity contribution is 0.769. The van der Waals surface area contributed by atoms with Crippen LogP contribution in [0.5, 0.6) is 0 Å². The molecule has 0 aromatic heterocycles. The second-order valence-corrected chi connectivity index (χ2v) is 16.8. The molecule has 1 heteroatoms. The quantitative estimate of drug-likeness (QED) is 0.148. The molecule has 0 unspecified atom stereocenters. The van der Waals surface area contributed by atoms with Crippen LogP contribution in [-0.4, -0.2) is 0 Å². The molecule has 64 heavy (non-hydrogen) atoms. The van der Waals surface area contributed by atoms with Gasteiger partial charge in [-0.2, -0.15) is 0 Å². The molecule has 300 valence electrons. The van der Waals surface area contributed by atoms with Crippen molar-refractivity contribution >= 4 is 38.6 Å². The van der Waals surface area contributed by atoms with E-state index in [4.69, 9.17) is 0 Å². The van der Waals surface area contributed by atoms with Crippen LogP contribution in [0.25, 0.3) is 66.1 Å². The zero-order valence-electron chi connectivity index (χ0n) is 35.3. The highest BCUT2D eigenvalue weighted by atomic mass is 15.1. The third kappa shape index (κ3) is 6.16. The lowest BCUT2D eigenvalue weighted by Gasteiger charge is -2.34. The number of benzene rings is 11. The summed E-state index contributed by atoms with van der Waals surface area (Å²) in [7, 11) is 0. The summed E-state index contributed by atoms with van der Waals surface area (Å²) < 4.78 is 0. The predicted molar refractivity (Wildman–Crippen MR) is 270 cm³/mol. The molecule has 0 spiro atoms. The SMILES string of the molecule is c1ccc(-c2ccc(N(c3ccc(-c4ccc5c(c4)C(c4ccccc4)(c4ccccc4)c4cc(-c6ccccc6)c6ccccc6c4-5)cc3)c3ccc4ccccc4c3)cc2)cc1. The van der Waals surface area contributed by atoms with Crippen LogP contribution in [0.4, 0.5) is 17.1 Å². The van der Waals surface area contributed by atoms with Gasteiger partial charge in [0.25, 0.3) is 0 Å². The van der Waals surface area contributed by atoms with Crippen LogP contribution >= 0.6 is 0 Å². The second-order valence-electron chi connectivity index (χ2n) is 16.8. The first-order chi connectivity index (χ1) is 31.7. The van der Waals surface area contributed by atoms with Crippen molar-refractivity contribution in [2.75, 3.05) is 4.90 Å². The highest BCUT2D eigenvalue weighted by molar-refractivity contribution is 6.10. The number of fused-ring (bicyclic) bond motifs is 6. The number of hydrogen-bond acceptors (Lipinski definition) is 1. The third-order valence-corrected chi connectivity index (χ3v) is 13.3. The van der Waals surface area contributed by atoms with E-state index < -0.39 is 5.41 Å². The summed E-state index contributed by atoms with van der Waals surface area (Å²) in [5, 5.41) is 4.98. The molecule has 11 aromatic rings. The van der Waals surface area contributed by atoms with E-state index >= 15 is 0 Å². The van der Waals surface area contributed by atoms with Crippen LogP contribution in [-0.2, 0) is 5.41 Å². The van der Waals surface area contributed by atoms with Crippen molar-refractivity contribution in [3.63, 3.8) is 0 Å². The van der Waals surface area contributed by atoms with Crippen LogP contribution < -0.4 is 4.90 Å². The van der Waals surface area contributed by atoms with E-state index in [1.807, 2.05) is 0 Å². The monoisotopic (exact) mass is 813 g/mol. The van der Waals surface area contributed by atoms with Gasteiger partial charge >= 0.3 is 0 Å². The molecule has 1 aliphatic carbocycles. The first-order valence-electron chi connectivity index (χ1n) is 22.2. The van der Waals surface area contributed by atoms with Crippen molar-refractivity contribution < 1.29 is 0 Å². The molecule has 0 radical (unpaired) electrons. The second kappa shape index (κ2) is 15.6. The molecule has 12 rings (SSSR count). The van der Waals surface area contributed by atoms with Gasteiger partial charge < -0.3 is 4.90 Å². The Labute approximate surface area is 374 Å². The van der Waals surface area contributed by atoms with E-state index in [0.717, 1.165) is 17.1 Å². The number of anilines is 3. The van der Waals surface area contributed by atoms with E-state index in [1.165, 1.54) is 88.3 Å². The minimum absolute atomic E-state index is 0.560. The highest BCUT2D eigenvalue weighted by Gasteiger charge is 2.47.